The molecule has 1 rings (SSSR count). The first-order chi connectivity index (χ1) is 6.83. The topological polar surface area (TPSA) is 29.3 Å². The predicted molar refractivity (Wildman–Crippen MR) is 63.6 cm³/mol. The fourth-order valence-corrected chi connectivity index (χ4v) is 2.23. The molecule has 0 unspecified atom stereocenters. The molecule has 0 saturated heterocycles. The smallest absolute Gasteiger partial charge is 0.0324 e. The Morgan fingerprint density at radius 2 is 2.21 bits per heavy atom. The highest BCUT2D eigenvalue weighted by Gasteiger charge is 2.00. The van der Waals surface area contributed by atoms with E-state index in [4.69, 9.17) is 5.73 Å². The van der Waals surface area contributed by atoms with Crippen LogP contribution in [0.15, 0.2) is 17.5 Å². The van der Waals surface area contributed by atoms with Crippen LogP contribution in [0.4, 0.5) is 0 Å². The molecule has 0 spiro atoms. The molecule has 0 amide bonds. The van der Waals surface area contributed by atoms with Gasteiger partial charge in [0.15, 0.2) is 0 Å². The largest absolute Gasteiger partial charge is 0.330 e. The summed E-state index contributed by atoms with van der Waals surface area (Å²) >= 11 is 1.83. The monoisotopic (exact) mass is 212 g/mol. The van der Waals surface area contributed by atoms with E-state index in [0.29, 0.717) is 0 Å². The van der Waals surface area contributed by atoms with Gasteiger partial charge in [-0.25, -0.2) is 0 Å². The average Bonchev–Trinajstić information content (AvgIpc) is 2.65. The molecule has 0 aliphatic heterocycles. The summed E-state index contributed by atoms with van der Waals surface area (Å²) in [5.41, 5.74) is 5.44. The molecule has 2 N–H and O–H groups in total. The number of hydrogen-bond acceptors (Lipinski definition) is 3. The number of rotatable bonds is 7. The number of thiophene rings is 1. The molecular formula is C11H20N2S. The predicted octanol–water partition coefficient (Wildman–Crippen LogP) is 2.31. The third-order valence-electron chi connectivity index (χ3n) is 2.25. The molecule has 0 bridgehead atoms. The Labute approximate surface area is 90.7 Å². The van der Waals surface area contributed by atoms with Crippen molar-refractivity contribution in [2.45, 2.75) is 25.8 Å². The molecule has 0 aliphatic carbocycles. The van der Waals surface area contributed by atoms with Crippen molar-refractivity contribution in [3.63, 3.8) is 0 Å². The van der Waals surface area contributed by atoms with Gasteiger partial charge in [-0.05, 0) is 44.4 Å². The van der Waals surface area contributed by atoms with E-state index >= 15 is 0 Å². The van der Waals surface area contributed by atoms with Gasteiger partial charge in [0, 0.05) is 11.4 Å². The van der Waals surface area contributed by atoms with Crippen LogP contribution in [0, 0.1) is 0 Å². The minimum absolute atomic E-state index is 0.828. The van der Waals surface area contributed by atoms with E-state index in [2.05, 4.69) is 29.5 Å². The van der Waals surface area contributed by atoms with Crippen LogP contribution in [-0.2, 0) is 6.54 Å². The molecule has 14 heavy (non-hydrogen) atoms. The third-order valence-corrected chi connectivity index (χ3v) is 3.11. The Morgan fingerprint density at radius 3 is 2.86 bits per heavy atom. The van der Waals surface area contributed by atoms with Crippen LogP contribution < -0.4 is 5.73 Å². The first-order valence-electron chi connectivity index (χ1n) is 5.24. The van der Waals surface area contributed by atoms with Crippen molar-refractivity contribution in [2.24, 2.45) is 5.73 Å². The average molecular weight is 212 g/mol. The summed E-state index contributed by atoms with van der Waals surface area (Å²) in [5, 5.41) is 2.14. The van der Waals surface area contributed by atoms with Crippen molar-refractivity contribution in [1.29, 1.82) is 0 Å². The summed E-state index contributed by atoms with van der Waals surface area (Å²) < 4.78 is 0. The highest BCUT2D eigenvalue weighted by Crippen LogP contribution is 2.11. The molecule has 80 valence electrons. The zero-order valence-electron chi connectivity index (χ0n) is 8.91. The maximum absolute atomic E-state index is 5.44. The highest BCUT2D eigenvalue weighted by atomic mass is 32.1. The van der Waals surface area contributed by atoms with Crippen molar-refractivity contribution < 1.29 is 0 Å². The second kappa shape index (κ2) is 6.98. The van der Waals surface area contributed by atoms with Crippen LogP contribution >= 0.6 is 11.3 Å². The lowest BCUT2D eigenvalue weighted by atomic mass is 10.2. The van der Waals surface area contributed by atoms with Crippen molar-refractivity contribution in [3.8, 4) is 0 Å². The number of hydrogen-bond donors (Lipinski definition) is 1. The summed E-state index contributed by atoms with van der Waals surface area (Å²) in [4.78, 5) is 3.83. The van der Waals surface area contributed by atoms with Gasteiger partial charge in [0.25, 0.3) is 0 Å². The lowest BCUT2D eigenvalue weighted by Crippen LogP contribution is -2.18. The minimum atomic E-state index is 0.828. The van der Waals surface area contributed by atoms with E-state index < -0.39 is 0 Å². The van der Waals surface area contributed by atoms with E-state index in [9.17, 15) is 0 Å². The van der Waals surface area contributed by atoms with Crippen LogP contribution in [0.3, 0.4) is 0 Å². The van der Waals surface area contributed by atoms with Crippen LogP contribution in [0.5, 0.6) is 0 Å². The lowest BCUT2D eigenvalue weighted by Gasteiger charge is -2.14. The molecule has 0 fully saturated rings. The molecule has 0 radical (unpaired) electrons. The Bertz CT molecular complexity index is 221. The molecule has 3 heteroatoms. The fourth-order valence-electron chi connectivity index (χ4n) is 1.45. The van der Waals surface area contributed by atoms with Crippen LogP contribution in [-0.4, -0.2) is 25.0 Å². The van der Waals surface area contributed by atoms with Gasteiger partial charge >= 0.3 is 0 Å². The molecule has 0 aromatic carbocycles. The standard InChI is InChI=1S/C11H20N2S/c1-13(8-4-2-3-7-12)10-11-6-5-9-14-11/h5-6,9H,2-4,7-8,10,12H2,1H3. The summed E-state index contributed by atoms with van der Waals surface area (Å²) in [6.07, 6.45) is 3.68. The van der Waals surface area contributed by atoms with Crippen LogP contribution in [0.25, 0.3) is 0 Å². The maximum Gasteiger partial charge on any atom is 0.0324 e. The number of nitrogens with zero attached hydrogens (tertiary/aromatic N) is 1. The Balaban J connectivity index is 2.07. The molecule has 0 saturated carbocycles. The van der Waals surface area contributed by atoms with Gasteiger partial charge in [0.2, 0.25) is 0 Å². The summed E-state index contributed by atoms with van der Waals surface area (Å²) in [6, 6.07) is 4.31. The second-order valence-corrected chi connectivity index (χ2v) is 4.70. The summed E-state index contributed by atoms with van der Waals surface area (Å²) in [7, 11) is 2.18. The van der Waals surface area contributed by atoms with E-state index in [1.807, 2.05) is 11.3 Å². The summed E-state index contributed by atoms with van der Waals surface area (Å²) in [5.74, 6) is 0. The first kappa shape index (κ1) is 11.7. The van der Waals surface area contributed by atoms with Crippen molar-refractivity contribution in [1.82, 2.24) is 4.90 Å². The molecule has 1 aromatic rings. The number of nitrogens with two attached hydrogens (primary N) is 1. The molecule has 2 nitrogen and oxygen atoms in total. The van der Waals surface area contributed by atoms with Gasteiger partial charge < -0.3 is 10.6 Å². The quantitative estimate of drug-likeness (QED) is 0.703. The Morgan fingerprint density at radius 1 is 1.36 bits per heavy atom. The second-order valence-electron chi connectivity index (χ2n) is 3.67. The third kappa shape index (κ3) is 4.74. The molecule has 1 aromatic heterocycles. The van der Waals surface area contributed by atoms with Crippen LogP contribution in [0.1, 0.15) is 24.1 Å². The van der Waals surface area contributed by atoms with Gasteiger partial charge in [-0.3, -0.25) is 0 Å². The van der Waals surface area contributed by atoms with Crippen molar-refractivity contribution in [2.75, 3.05) is 20.1 Å². The van der Waals surface area contributed by atoms with Gasteiger partial charge in [-0.2, -0.15) is 0 Å². The van der Waals surface area contributed by atoms with E-state index in [0.717, 1.165) is 19.5 Å². The SMILES string of the molecule is CN(CCCCCN)Cc1cccs1. The molecular weight excluding hydrogens is 192 g/mol. The van der Waals surface area contributed by atoms with Gasteiger partial charge in [0.1, 0.15) is 0 Å². The maximum atomic E-state index is 5.44. The zero-order chi connectivity index (χ0) is 10.2. The van der Waals surface area contributed by atoms with E-state index in [1.165, 1.54) is 24.3 Å². The molecule has 0 atom stereocenters. The minimum Gasteiger partial charge on any atom is -0.330 e. The van der Waals surface area contributed by atoms with E-state index in [1.54, 1.807) is 0 Å². The van der Waals surface area contributed by atoms with Gasteiger partial charge in [-0.1, -0.05) is 12.5 Å². The zero-order valence-corrected chi connectivity index (χ0v) is 9.72. The Kier molecular flexibility index (Phi) is 5.83. The van der Waals surface area contributed by atoms with E-state index in [-0.39, 0.29) is 0 Å². The van der Waals surface area contributed by atoms with Gasteiger partial charge in [-0.15, -0.1) is 11.3 Å². The summed E-state index contributed by atoms with van der Waals surface area (Å²) in [6.45, 7) is 3.09. The lowest BCUT2D eigenvalue weighted by molar-refractivity contribution is 0.320. The fraction of sp³-hybridized carbons (Fsp3) is 0.636. The normalized spacial score (nSPS) is 11.1. The number of unbranched alkanes of at least 4 members (excludes halogenated alkanes) is 2. The Hall–Kier alpha value is -0.380. The molecule has 1 heterocycles. The molecule has 0 aliphatic rings. The first-order valence-corrected chi connectivity index (χ1v) is 6.12. The van der Waals surface area contributed by atoms with Crippen molar-refractivity contribution >= 4 is 11.3 Å². The van der Waals surface area contributed by atoms with Gasteiger partial charge in [0.05, 0.1) is 0 Å². The van der Waals surface area contributed by atoms with Crippen LogP contribution in [0.2, 0.25) is 0 Å². The highest BCUT2D eigenvalue weighted by molar-refractivity contribution is 7.09. The van der Waals surface area contributed by atoms with Crippen molar-refractivity contribution in [3.05, 3.63) is 22.4 Å².